The lowest BCUT2D eigenvalue weighted by Gasteiger charge is -2.17. The minimum Gasteiger partial charge on any atom is -0.299 e. The van der Waals surface area contributed by atoms with Crippen LogP contribution in [0, 0.1) is 33.8 Å². The molecule has 0 unspecified atom stereocenters. The molecule has 0 radical (unpaired) electrons. The number of hydrogen-bond acceptors (Lipinski definition) is 4. The predicted octanol–water partition coefficient (Wildman–Crippen LogP) is 7.49. The summed E-state index contributed by atoms with van der Waals surface area (Å²) in [7, 11) is 0. The normalized spacial score (nSPS) is 11.2. The fourth-order valence-electron chi connectivity index (χ4n) is 2.68. The summed E-state index contributed by atoms with van der Waals surface area (Å²) in [4.78, 5) is 6.18. The van der Waals surface area contributed by atoms with E-state index in [1.165, 1.54) is 12.3 Å². The first kappa shape index (κ1) is 29.8. The van der Waals surface area contributed by atoms with Gasteiger partial charge >= 0.3 is 0 Å². The van der Waals surface area contributed by atoms with Crippen LogP contribution in [0.1, 0.15) is 32.0 Å². The number of hydrogen-bond donors (Lipinski definition) is 2. The van der Waals surface area contributed by atoms with E-state index in [0.717, 1.165) is 12.1 Å². The lowest BCUT2D eigenvalue weighted by molar-refractivity contribution is 0.581. The minimum absolute atomic E-state index is 0.0728. The first-order valence-corrected chi connectivity index (χ1v) is 12.1. The lowest BCUT2D eigenvalue weighted by atomic mass is 9.87. The second kappa shape index (κ2) is 16.4. The Hall–Kier alpha value is -3.25. The number of allylic oxidation sites excluding steroid dienone is 7. The highest BCUT2D eigenvalue weighted by Gasteiger charge is 2.23. The third kappa shape index (κ3) is 8.31. The summed E-state index contributed by atoms with van der Waals surface area (Å²) < 4.78 is 27.8. The maximum atomic E-state index is 14.4. The maximum absolute atomic E-state index is 14.4. The molecule has 4 nitrogen and oxygen atoms in total. The fourth-order valence-corrected chi connectivity index (χ4v) is 2.68. The zero-order valence-electron chi connectivity index (χ0n) is 19.1. The zero-order chi connectivity index (χ0) is 25.4. The van der Waals surface area contributed by atoms with Gasteiger partial charge in [0.2, 0.25) is 0 Å². The molecule has 2 N–H and O–H groups in total. The monoisotopic (exact) mass is 560 g/mol. The molecule has 0 saturated carbocycles. The van der Waals surface area contributed by atoms with Gasteiger partial charge in [0.1, 0.15) is 23.4 Å². The number of aromatic nitrogens is 1. The molecule has 1 aromatic heterocycles. The Labute approximate surface area is 208 Å². The number of halogens is 3. The highest BCUT2D eigenvalue weighted by Crippen LogP contribution is 2.29. The van der Waals surface area contributed by atoms with Crippen molar-refractivity contribution >= 4 is 39.6 Å². The number of pyridine rings is 1. The lowest BCUT2D eigenvalue weighted by Crippen LogP contribution is -2.14. The van der Waals surface area contributed by atoms with Crippen molar-refractivity contribution in [3.05, 3.63) is 108 Å². The van der Waals surface area contributed by atoms with Crippen molar-refractivity contribution in [2.24, 2.45) is 0 Å². The van der Waals surface area contributed by atoms with Gasteiger partial charge in [-0.2, -0.15) is 5.26 Å². The Morgan fingerprint density at radius 3 is 2.30 bits per heavy atom. The second-order valence-corrected chi connectivity index (χ2v) is 5.79. The van der Waals surface area contributed by atoms with Crippen LogP contribution in [-0.4, -0.2) is 21.3 Å². The molecule has 1 heterocycles. The molecule has 2 aromatic rings. The van der Waals surface area contributed by atoms with Gasteiger partial charge in [0.15, 0.2) is 0 Å². The van der Waals surface area contributed by atoms with Gasteiger partial charge in [-0.05, 0) is 41.7 Å². The predicted molar refractivity (Wildman–Crippen MR) is 142 cm³/mol. The number of nitrogens with zero attached hydrogens (tertiary/aromatic N) is 2. The maximum Gasteiger partial charge on any atom is 0.142 e. The van der Waals surface area contributed by atoms with E-state index in [4.69, 9.17) is 10.8 Å². The SMILES string of the molecule is C=C\C=C/C(=C\C)C(/C(=N)c1ccc(F)cc1F)=C(/C(=N)C#N)c1ccccn1.CC.CI. The molecule has 0 bridgehead atoms. The standard InChI is InChI=1S/C23H18F2N4.C2H6.CH3I/c1-3-5-8-15(4-2)21(23(28)17-11-10-16(24)13-18(17)25)22(19(27)14-26)20-9-6-7-12-29-20;2*1-2/h3-13,27-28H,1H2,2H3;1-2H3;1H3/b8-5-,15-4+,22-21+,27-19?,28-23?;;. The summed E-state index contributed by atoms with van der Waals surface area (Å²) in [6, 6.07) is 9.62. The summed E-state index contributed by atoms with van der Waals surface area (Å²) in [6.07, 6.45) is 7.94. The van der Waals surface area contributed by atoms with Gasteiger partial charge in [0.25, 0.3) is 0 Å². The summed E-state index contributed by atoms with van der Waals surface area (Å²) in [5, 5.41) is 26.2. The van der Waals surface area contributed by atoms with Crippen LogP contribution in [0.15, 0.2) is 84.6 Å². The quantitative estimate of drug-likeness (QED) is 0.159. The van der Waals surface area contributed by atoms with Crippen molar-refractivity contribution in [3.8, 4) is 6.07 Å². The van der Waals surface area contributed by atoms with Crippen molar-refractivity contribution in [3.63, 3.8) is 0 Å². The third-order valence-corrected chi connectivity index (χ3v) is 3.99. The van der Waals surface area contributed by atoms with Crippen LogP contribution >= 0.6 is 22.6 Å². The molecular formula is C26H27F2IN4. The van der Waals surface area contributed by atoms with Crippen molar-refractivity contribution in [1.82, 2.24) is 4.98 Å². The largest absolute Gasteiger partial charge is 0.299 e. The molecule has 0 atom stereocenters. The molecular weight excluding hydrogens is 533 g/mol. The smallest absolute Gasteiger partial charge is 0.142 e. The molecule has 1 aromatic carbocycles. The molecule has 0 spiro atoms. The van der Waals surface area contributed by atoms with Crippen LogP contribution in [0.4, 0.5) is 8.78 Å². The van der Waals surface area contributed by atoms with Crippen molar-refractivity contribution in [1.29, 1.82) is 16.1 Å². The number of alkyl halides is 1. The summed E-state index contributed by atoms with van der Waals surface area (Å²) in [5.74, 6) is -1.68. The van der Waals surface area contributed by atoms with Crippen molar-refractivity contribution in [2.45, 2.75) is 20.8 Å². The van der Waals surface area contributed by atoms with Crippen LogP contribution in [0.5, 0.6) is 0 Å². The average Bonchev–Trinajstić information content (AvgIpc) is 2.86. The summed E-state index contributed by atoms with van der Waals surface area (Å²) in [5.41, 5.74) is 0.0474. The van der Waals surface area contributed by atoms with Gasteiger partial charge in [-0.25, -0.2) is 8.78 Å². The Kier molecular flexibility index (Phi) is 14.8. The summed E-state index contributed by atoms with van der Waals surface area (Å²) in [6.45, 7) is 9.33. The van der Waals surface area contributed by atoms with E-state index in [1.807, 2.05) is 18.8 Å². The molecule has 0 aliphatic rings. The molecule has 172 valence electrons. The Morgan fingerprint density at radius 2 is 1.82 bits per heavy atom. The van der Waals surface area contributed by atoms with Crippen LogP contribution < -0.4 is 0 Å². The molecule has 0 saturated heterocycles. The molecule has 0 aliphatic carbocycles. The highest BCUT2D eigenvalue weighted by atomic mass is 127. The first-order chi connectivity index (χ1) is 15.9. The Balaban J connectivity index is 0.00000242. The van der Waals surface area contributed by atoms with E-state index in [-0.39, 0.29) is 28.1 Å². The van der Waals surface area contributed by atoms with Gasteiger partial charge in [0.05, 0.1) is 11.4 Å². The number of nitrogens with one attached hydrogen (secondary N) is 2. The van der Waals surface area contributed by atoms with Gasteiger partial charge in [0, 0.05) is 29.0 Å². The molecule has 7 heteroatoms. The Bertz CT molecular complexity index is 1100. The van der Waals surface area contributed by atoms with E-state index in [0.29, 0.717) is 11.6 Å². The number of nitriles is 1. The number of rotatable bonds is 7. The first-order valence-electron chi connectivity index (χ1n) is 9.97. The third-order valence-electron chi connectivity index (χ3n) is 3.99. The van der Waals surface area contributed by atoms with Crippen LogP contribution in [-0.2, 0) is 0 Å². The second-order valence-electron chi connectivity index (χ2n) is 5.79. The van der Waals surface area contributed by atoms with Gasteiger partial charge < -0.3 is 0 Å². The van der Waals surface area contributed by atoms with Crippen LogP contribution in [0.2, 0.25) is 0 Å². The van der Waals surface area contributed by atoms with Gasteiger partial charge in [-0.3, -0.25) is 15.8 Å². The zero-order valence-corrected chi connectivity index (χ0v) is 21.2. The van der Waals surface area contributed by atoms with Crippen LogP contribution in [0.3, 0.4) is 0 Å². The molecule has 0 amide bonds. The molecule has 0 aliphatic heterocycles. The molecule has 33 heavy (non-hydrogen) atoms. The van der Waals surface area contributed by atoms with E-state index >= 15 is 0 Å². The van der Waals surface area contributed by atoms with Crippen molar-refractivity contribution in [2.75, 3.05) is 4.93 Å². The number of benzene rings is 1. The highest BCUT2D eigenvalue weighted by molar-refractivity contribution is 14.1. The van der Waals surface area contributed by atoms with E-state index in [9.17, 15) is 14.0 Å². The molecule has 0 fully saturated rings. The van der Waals surface area contributed by atoms with Crippen molar-refractivity contribution < 1.29 is 8.78 Å². The Morgan fingerprint density at radius 1 is 1.15 bits per heavy atom. The van der Waals surface area contributed by atoms with E-state index < -0.39 is 17.3 Å². The average molecular weight is 560 g/mol. The topological polar surface area (TPSA) is 84.4 Å². The molecule has 2 rings (SSSR count). The minimum atomic E-state index is -0.917. The van der Waals surface area contributed by atoms with E-state index in [1.54, 1.807) is 49.4 Å². The van der Waals surface area contributed by atoms with E-state index in [2.05, 4.69) is 34.2 Å². The van der Waals surface area contributed by atoms with Gasteiger partial charge in [-0.15, -0.1) is 0 Å². The van der Waals surface area contributed by atoms with Crippen LogP contribution in [0.25, 0.3) is 5.57 Å². The summed E-state index contributed by atoms with van der Waals surface area (Å²) >= 11 is 2.15. The van der Waals surface area contributed by atoms with Gasteiger partial charge in [-0.1, -0.05) is 73.4 Å². The fraction of sp³-hybridized carbons (Fsp3) is 0.154.